The van der Waals surface area contributed by atoms with Crippen LogP contribution in [0.15, 0.2) is 18.2 Å². The third-order valence-corrected chi connectivity index (χ3v) is 2.31. The van der Waals surface area contributed by atoms with Crippen LogP contribution in [0.3, 0.4) is 0 Å². The maximum atomic E-state index is 11.5. The lowest BCUT2D eigenvalue weighted by atomic mass is 10.1. The first-order valence-electron chi connectivity index (χ1n) is 5.46. The van der Waals surface area contributed by atoms with Gasteiger partial charge < -0.3 is 20.9 Å². The number of nitrogens with one attached hydrogen (secondary N) is 1. The Morgan fingerprint density at radius 1 is 1.53 bits per heavy atom. The van der Waals surface area contributed by atoms with Crippen LogP contribution in [0.5, 0.6) is 5.75 Å². The van der Waals surface area contributed by atoms with E-state index in [1.54, 1.807) is 19.2 Å². The average Bonchev–Trinajstić information content (AvgIpc) is 2.30. The van der Waals surface area contributed by atoms with Gasteiger partial charge in [0.1, 0.15) is 5.75 Å². The number of anilines is 1. The molecule has 17 heavy (non-hydrogen) atoms. The number of carbonyl (C=O) groups is 1. The fourth-order valence-corrected chi connectivity index (χ4v) is 1.39. The van der Waals surface area contributed by atoms with Crippen LogP contribution in [-0.2, 0) is 16.0 Å². The number of benzene rings is 1. The molecule has 0 atom stereocenters. The molecule has 0 fully saturated rings. The molecular formula is C12H18N2O3. The monoisotopic (exact) mass is 238 g/mol. The van der Waals surface area contributed by atoms with E-state index in [9.17, 15) is 9.90 Å². The van der Waals surface area contributed by atoms with Crippen molar-refractivity contribution in [1.82, 2.24) is 5.32 Å². The molecule has 0 spiro atoms. The number of aromatic hydroxyl groups is 1. The van der Waals surface area contributed by atoms with Gasteiger partial charge in [-0.2, -0.15) is 0 Å². The second-order valence-corrected chi connectivity index (χ2v) is 3.77. The van der Waals surface area contributed by atoms with E-state index in [0.717, 1.165) is 12.0 Å². The first-order valence-corrected chi connectivity index (χ1v) is 5.46. The molecular weight excluding hydrogens is 220 g/mol. The highest BCUT2D eigenvalue weighted by molar-refractivity contribution is 5.78. The normalized spacial score (nSPS) is 10.2. The van der Waals surface area contributed by atoms with Crippen molar-refractivity contribution in [1.29, 1.82) is 0 Å². The third kappa shape index (κ3) is 4.74. The minimum atomic E-state index is -0.0784. The zero-order chi connectivity index (χ0) is 12.7. The summed E-state index contributed by atoms with van der Waals surface area (Å²) in [6.45, 7) is 1.22. The minimum Gasteiger partial charge on any atom is -0.506 e. The summed E-state index contributed by atoms with van der Waals surface area (Å²) in [7, 11) is 1.62. The highest BCUT2D eigenvalue weighted by atomic mass is 16.5. The Morgan fingerprint density at radius 2 is 2.29 bits per heavy atom. The van der Waals surface area contributed by atoms with E-state index in [4.69, 9.17) is 10.5 Å². The predicted octanol–water partition coefficient (Wildman–Crippen LogP) is 0.670. The average molecular weight is 238 g/mol. The zero-order valence-corrected chi connectivity index (χ0v) is 9.90. The summed E-state index contributed by atoms with van der Waals surface area (Å²) >= 11 is 0. The van der Waals surface area contributed by atoms with Crippen molar-refractivity contribution < 1.29 is 14.6 Å². The summed E-state index contributed by atoms with van der Waals surface area (Å²) < 4.78 is 4.87. The molecule has 0 aromatic heterocycles. The van der Waals surface area contributed by atoms with Gasteiger partial charge in [0.2, 0.25) is 5.91 Å². The van der Waals surface area contributed by atoms with E-state index in [1.165, 1.54) is 6.07 Å². The maximum Gasteiger partial charge on any atom is 0.224 e. The number of methoxy groups -OCH3 is 1. The van der Waals surface area contributed by atoms with E-state index in [2.05, 4.69) is 5.32 Å². The Labute approximate surface area is 101 Å². The first kappa shape index (κ1) is 13.3. The van der Waals surface area contributed by atoms with Gasteiger partial charge in [-0.25, -0.2) is 0 Å². The maximum absolute atomic E-state index is 11.5. The summed E-state index contributed by atoms with van der Waals surface area (Å²) in [6, 6.07) is 4.82. The second-order valence-electron chi connectivity index (χ2n) is 3.77. The van der Waals surface area contributed by atoms with E-state index < -0.39 is 0 Å². The highest BCUT2D eigenvalue weighted by Gasteiger charge is 2.04. The lowest BCUT2D eigenvalue weighted by Gasteiger charge is -2.06. The predicted molar refractivity (Wildman–Crippen MR) is 65.7 cm³/mol. The number of phenolic OH excluding ortho intramolecular Hbond substituents is 1. The number of ether oxygens (including phenoxy) is 1. The molecule has 1 aromatic rings. The molecule has 5 heteroatoms. The summed E-state index contributed by atoms with van der Waals surface area (Å²) in [6.07, 6.45) is 1.02. The smallest absolute Gasteiger partial charge is 0.224 e. The van der Waals surface area contributed by atoms with Crippen LogP contribution in [-0.4, -0.2) is 31.3 Å². The molecule has 0 radical (unpaired) electrons. The summed E-state index contributed by atoms with van der Waals surface area (Å²) in [5.41, 5.74) is 6.52. The van der Waals surface area contributed by atoms with Gasteiger partial charge in [-0.3, -0.25) is 4.79 Å². The number of carbonyl (C=O) groups excluding carboxylic acids is 1. The van der Waals surface area contributed by atoms with Crippen LogP contribution in [0.4, 0.5) is 5.69 Å². The number of nitrogens with two attached hydrogens (primary N) is 1. The van der Waals surface area contributed by atoms with Gasteiger partial charge in [0.25, 0.3) is 0 Å². The fourth-order valence-electron chi connectivity index (χ4n) is 1.39. The Bertz CT molecular complexity index is 380. The molecule has 5 nitrogen and oxygen atoms in total. The van der Waals surface area contributed by atoms with Crippen molar-refractivity contribution in [3.05, 3.63) is 23.8 Å². The van der Waals surface area contributed by atoms with Crippen molar-refractivity contribution in [2.75, 3.05) is 26.0 Å². The van der Waals surface area contributed by atoms with Crippen molar-refractivity contribution in [3.8, 4) is 5.75 Å². The van der Waals surface area contributed by atoms with E-state index in [1.807, 2.05) is 0 Å². The molecule has 0 saturated heterocycles. The molecule has 0 aliphatic heterocycles. The number of amides is 1. The van der Waals surface area contributed by atoms with Crippen molar-refractivity contribution in [2.24, 2.45) is 0 Å². The van der Waals surface area contributed by atoms with Gasteiger partial charge in [-0.15, -0.1) is 0 Å². The Morgan fingerprint density at radius 3 is 2.94 bits per heavy atom. The number of hydrogen-bond acceptors (Lipinski definition) is 4. The third-order valence-electron chi connectivity index (χ3n) is 2.31. The highest BCUT2D eigenvalue weighted by Crippen LogP contribution is 2.20. The number of rotatable bonds is 6. The molecule has 4 N–H and O–H groups in total. The molecule has 0 unspecified atom stereocenters. The summed E-state index contributed by atoms with van der Waals surface area (Å²) in [4.78, 5) is 11.5. The molecule has 1 rings (SSSR count). The lowest BCUT2D eigenvalue weighted by molar-refractivity contribution is -0.120. The SMILES string of the molecule is COCCCNC(=O)Cc1ccc(N)c(O)c1. The quantitative estimate of drug-likeness (QED) is 0.386. The molecule has 1 amide bonds. The van der Waals surface area contributed by atoms with E-state index >= 15 is 0 Å². The van der Waals surface area contributed by atoms with E-state index in [0.29, 0.717) is 18.8 Å². The zero-order valence-electron chi connectivity index (χ0n) is 9.90. The van der Waals surface area contributed by atoms with Gasteiger partial charge in [-0.1, -0.05) is 6.07 Å². The summed E-state index contributed by atoms with van der Waals surface area (Å²) in [5, 5.41) is 12.2. The topological polar surface area (TPSA) is 84.6 Å². The molecule has 0 bridgehead atoms. The molecule has 0 aliphatic carbocycles. The van der Waals surface area contributed by atoms with Crippen LogP contribution in [0, 0.1) is 0 Å². The van der Waals surface area contributed by atoms with Crippen molar-refractivity contribution >= 4 is 11.6 Å². The molecule has 94 valence electrons. The van der Waals surface area contributed by atoms with Crippen molar-refractivity contribution in [3.63, 3.8) is 0 Å². The second kappa shape index (κ2) is 6.75. The largest absolute Gasteiger partial charge is 0.506 e. The molecule has 0 saturated carbocycles. The van der Waals surface area contributed by atoms with Gasteiger partial charge >= 0.3 is 0 Å². The minimum absolute atomic E-state index is 0.00897. The molecule has 1 aromatic carbocycles. The van der Waals surface area contributed by atoms with Crippen LogP contribution in [0.1, 0.15) is 12.0 Å². The number of nitrogen functional groups attached to an aromatic ring is 1. The standard InChI is InChI=1S/C12H18N2O3/c1-17-6-2-5-14-12(16)8-9-3-4-10(13)11(15)7-9/h3-4,7,15H,2,5-6,8,13H2,1H3,(H,14,16). The fraction of sp³-hybridized carbons (Fsp3) is 0.417. The van der Waals surface area contributed by atoms with Crippen LogP contribution in [0.25, 0.3) is 0 Å². The van der Waals surface area contributed by atoms with Crippen LogP contribution in [0.2, 0.25) is 0 Å². The summed E-state index contributed by atoms with van der Waals surface area (Å²) in [5.74, 6) is -0.0695. The Hall–Kier alpha value is -1.75. The Kier molecular flexibility index (Phi) is 5.29. The van der Waals surface area contributed by atoms with Crippen LogP contribution < -0.4 is 11.1 Å². The number of phenols is 1. The number of hydrogen-bond donors (Lipinski definition) is 3. The lowest BCUT2D eigenvalue weighted by Crippen LogP contribution is -2.26. The molecule has 0 heterocycles. The van der Waals surface area contributed by atoms with Gasteiger partial charge in [0, 0.05) is 20.3 Å². The van der Waals surface area contributed by atoms with Gasteiger partial charge in [0.15, 0.2) is 0 Å². The van der Waals surface area contributed by atoms with Gasteiger partial charge in [0.05, 0.1) is 12.1 Å². The Balaban J connectivity index is 2.37. The molecule has 0 aliphatic rings. The van der Waals surface area contributed by atoms with Crippen molar-refractivity contribution in [2.45, 2.75) is 12.8 Å². The van der Waals surface area contributed by atoms with E-state index in [-0.39, 0.29) is 18.1 Å². The first-order chi connectivity index (χ1) is 8.13. The van der Waals surface area contributed by atoms with Crippen LogP contribution >= 0.6 is 0 Å². The van der Waals surface area contributed by atoms with Gasteiger partial charge in [-0.05, 0) is 24.1 Å².